The molecule has 30 heavy (non-hydrogen) atoms. The van der Waals surface area contributed by atoms with Gasteiger partial charge in [0.05, 0.1) is 24.6 Å². The van der Waals surface area contributed by atoms with E-state index in [0.29, 0.717) is 11.6 Å². The average molecular weight is 422 g/mol. The molecular weight excluding hydrogens is 403 g/mol. The number of rotatable bonds is 6. The molecule has 0 aliphatic carbocycles. The quantitative estimate of drug-likeness (QED) is 0.442. The predicted octanol–water partition coefficient (Wildman–Crippen LogP) is 4.09. The van der Waals surface area contributed by atoms with E-state index in [9.17, 15) is 9.18 Å². The molecule has 6 nitrogen and oxygen atoms in total. The lowest BCUT2D eigenvalue weighted by Crippen LogP contribution is -2.28. The van der Waals surface area contributed by atoms with Crippen molar-refractivity contribution in [1.29, 1.82) is 0 Å². The Morgan fingerprint density at radius 1 is 1.13 bits per heavy atom. The number of hydrogen-bond donors (Lipinski definition) is 0. The van der Waals surface area contributed by atoms with Gasteiger partial charge in [-0.25, -0.2) is 19.4 Å². The van der Waals surface area contributed by atoms with E-state index in [1.54, 1.807) is 37.7 Å². The summed E-state index contributed by atoms with van der Waals surface area (Å²) in [6, 6.07) is 15.2. The molecule has 0 saturated heterocycles. The van der Waals surface area contributed by atoms with Crippen LogP contribution in [0.5, 0.6) is 5.75 Å². The van der Waals surface area contributed by atoms with Crippen LogP contribution in [0.2, 0.25) is 0 Å². The van der Waals surface area contributed by atoms with Gasteiger partial charge in [0.1, 0.15) is 11.6 Å². The van der Waals surface area contributed by atoms with Crippen LogP contribution in [0.4, 0.5) is 4.39 Å². The standard InChI is InChI=1S/C22H19FN4O2S/c1-29-18-9-5-15(6-10-18)19-13-20(16-3-7-17(23)8-4-16)27(26-19)21(28)14-30-22-24-11-2-12-25-22/h2-12,20H,13-14H2,1H3/t20-/m1/s1. The Labute approximate surface area is 177 Å². The number of thioether (sulfide) groups is 1. The summed E-state index contributed by atoms with van der Waals surface area (Å²) in [5, 5.41) is 6.64. The number of hydrogen-bond acceptors (Lipinski definition) is 6. The van der Waals surface area contributed by atoms with E-state index in [0.717, 1.165) is 22.6 Å². The van der Waals surface area contributed by atoms with Crippen LogP contribution in [0.1, 0.15) is 23.6 Å². The normalized spacial score (nSPS) is 15.7. The number of methoxy groups -OCH3 is 1. The second-order valence-corrected chi connectivity index (χ2v) is 7.55. The number of carbonyl (C=O) groups is 1. The lowest BCUT2D eigenvalue weighted by Gasteiger charge is -2.21. The number of carbonyl (C=O) groups excluding carboxylic acids is 1. The van der Waals surface area contributed by atoms with Gasteiger partial charge in [-0.05, 0) is 53.6 Å². The average Bonchev–Trinajstić information content (AvgIpc) is 3.24. The molecule has 2 heterocycles. The molecule has 0 unspecified atom stereocenters. The van der Waals surface area contributed by atoms with E-state index < -0.39 is 0 Å². The van der Waals surface area contributed by atoms with Crippen LogP contribution < -0.4 is 4.74 Å². The Morgan fingerprint density at radius 2 is 1.83 bits per heavy atom. The van der Waals surface area contributed by atoms with Crippen LogP contribution in [-0.4, -0.2) is 39.5 Å². The van der Waals surface area contributed by atoms with E-state index >= 15 is 0 Å². The Morgan fingerprint density at radius 3 is 2.50 bits per heavy atom. The van der Waals surface area contributed by atoms with Crippen LogP contribution >= 0.6 is 11.8 Å². The second kappa shape index (κ2) is 9.04. The highest BCUT2D eigenvalue weighted by molar-refractivity contribution is 7.99. The lowest BCUT2D eigenvalue weighted by atomic mass is 9.98. The van der Waals surface area contributed by atoms with Crippen molar-refractivity contribution in [1.82, 2.24) is 15.0 Å². The maximum absolute atomic E-state index is 13.4. The number of hydrazone groups is 1. The van der Waals surface area contributed by atoms with Crippen molar-refractivity contribution in [2.45, 2.75) is 17.6 Å². The summed E-state index contributed by atoms with van der Waals surface area (Å²) in [7, 11) is 1.61. The molecule has 0 spiro atoms. The fourth-order valence-electron chi connectivity index (χ4n) is 3.20. The third-order valence-electron chi connectivity index (χ3n) is 4.71. The highest BCUT2D eigenvalue weighted by Crippen LogP contribution is 2.34. The maximum Gasteiger partial charge on any atom is 0.253 e. The van der Waals surface area contributed by atoms with Gasteiger partial charge < -0.3 is 4.74 Å². The number of ether oxygens (including phenoxy) is 1. The van der Waals surface area contributed by atoms with Gasteiger partial charge in [0.25, 0.3) is 5.91 Å². The van der Waals surface area contributed by atoms with E-state index in [4.69, 9.17) is 4.74 Å². The van der Waals surface area contributed by atoms with Crippen molar-refractivity contribution < 1.29 is 13.9 Å². The summed E-state index contributed by atoms with van der Waals surface area (Å²) in [5.41, 5.74) is 2.54. The summed E-state index contributed by atoms with van der Waals surface area (Å²) >= 11 is 1.26. The number of amides is 1. The molecule has 152 valence electrons. The third-order valence-corrected chi connectivity index (χ3v) is 5.57. The number of halogens is 1. The number of benzene rings is 2. The van der Waals surface area contributed by atoms with Gasteiger partial charge in [0, 0.05) is 18.8 Å². The highest BCUT2D eigenvalue weighted by atomic mass is 32.2. The molecule has 3 aromatic rings. The van der Waals surface area contributed by atoms with Gasteiger partial charge in [0.2, 0.25) is 0 Å². The van der Waals surface area contributed by atoms with Crippen molar-refractivity contribution in [3.05, 3.63) is 83.9 Å². The second-order valence-electron chi connectivity index (χ2n) is 6.61. The Balaban J connectivity index is 1.58. The fraction of sp³-hybridized carbons (Fsp3) is 0.182. The van der Waals surface area contributed by atoms with Crippen LogP contribution in [0, 0.1) is 5.82 Å². The maximum atomic E-state index is 13.4. The molecule has 1 aromatic heterocycles. The molecule has 0 bridgehead atoms. The summed E-state index contributed by atoms with van der Waals surface area (Å²) in [5.74, 6) is 0.425. The zero-order chi connectivity index (χ0) is 20.9. The number of nitrogens with zero attached hydrogens (tertiary/aromatic N) is 4. The molecule has 4 rings (SSSR count). The zero-order valence-corrected chi connectivity index (χ0v) is 17.1. The number of aromatic nitrogens is 2. The van der Waals surface area contributed by atoms with Gasteiger partial charge in [-0.3, -0.25) is 4.79 Å². The van der Waals surface area contributed by atoms with Crippen molar-refractivity contribution in [3.63, 3.8) is 0 Å². The molecule has 1 atom stereocenters. The highest BCUT2D eigenvalue weighted by Gasteiger charge is 2.33. The van der Waals surface area contributed by atoms with Crippen molar-refractivity contribution in [3.8, 4) is 5.75 Å². The van der Waals surface area contributed by atoms with Crippen LogP contribution in [0.3, 0.4) is 0 Å². The molecule has 1 aliphatic heterocycles. The monoisotopic (exact) mass is 422 g/mol. The first kappa shape index (κ1) is 20.0. The van der Waals surface area contributed by atoms with Gasteiger partial charge >= 0.3 is 0 Å². The van der Waals surface area contributed by atoms with Gasteiger partial charge in [-0.2, -0.15) is 5.10 Å². The molecular formula is C22H19FN4O2S. The van der Waals surface area contributed by atoms with Gasteiger partial charge in [-0.15, -0.1) is 0 Å². The summed E-state index contributed by atoms with van der Waals surface area (Å²) in [6.45, 7) is 0. The van der Waals surface area contributed by atoms with E-state index in [1.807, 2.05) is 24.3 Å². The van der Waals surface area contributed by atoms with Crippen LogP contribution in [0.25, 0.3) is 0 Å². The Hall–Kier alpha value is -3.26. The zero-order valence-electron chi connectivity index (χ0n) is 16.2. The summed E-state index contributed by atoms with van der Waals surface area (Å²) in [6.07, 6.45) is 3.81. The molecule has 1 aliphatic rings. The Kier molecular flexibility index (Phi) is 6.04. The Bertz CT molecular complexity index is 1040. The summed E-state index contributed by atoms with van der Waals surface area (Å²) < 4.78 is 18.6. The minimum atomic E-state index is -0.317. The van der Waals surface area contributed by atoms with E-state index in [1.165, 1.54) is 28.9 Å². The lowest BCUT2D eigenvalue weighted by molar-refractivity contribution is -0.130. The summed E-state index contributed by atoms with van der Waals surface area (Å²) in [4.78, 5) is 21.3. The van der Waals surface area contributed by atoms with Crippen LogP contribution in [-0.2, 0) is 4.79 Å². The third kappa shape index (κ3) is 4.49. The molecule has 1 amide bonds. The minimum absolute atomic E-state index is 0.154. The molecule has 8 heteroatoms. The smallest absolute Gasteiger partial charge is 0.253 e. The molecule has 0 radical (unpaired) electrons. The molecule has 0 saturated carbocycles. The molecule has 2 aromatic carbocycles. The predicted molar refractivity (Wildman–Crippen MR) is 113 cm³/mol. The van der Waals surface area contributed by atoms with E-state index in [-0.39, 0.29) is 23.5 Å². The first-order valence-electron chi connectivity index (χ1n) is 9.33. The van der Waals surface area contributed by atoms with E-state index in [2.05, 4.69) is 15.1 Å². The van der Waals surface area contributed by atoms with Gasteiger partial charge in [-0.1, -0.05) is 23.9 Å². The van der Waals surface area contributed by atoms with Crippen LogP contribution in [0.15, 0.2) is 77.2 Å². The topological polar surface area (TPSA) is 67.7 Å². The largest absolute Gasteiger partial charge is 0.497 e. The van der Waals surface area contributed by atoms with Crippen molar-refractivity contribution in [2.75, 3.05) is 12.9 Å². The van der Waals surface area contributed by atoms with Crippen molar-refractivity contribution in [2.24, 2.45) is 5.10 Å². The first-order valence-corrected chi connectivity index (χ1v) is 10.3. The first-order chi connectivity index (χ1) is 14.6. The molecule has 0 fully saturated rings. The fourth-order valence-corrected chi connectivity index (χ4v) is 3.85. The van der Waals surface area contributed by atoms with Gasteiger partial charge in [0.15, 0.2) is 5.16 Å². The molecule has 0 N–H and O–H groups in total. The minimum Gasteiger partial charge on any atom is -0.497 e. The van der Waals surface area contributed by atoms with Crippen molar-refractivity contribution >= 4 is 23.4 Å². The SMILES string of the molecule is COc1ccc(C2=NN(C(=O)CSc3ncccn3)[C@@H](c3ccc(F)cc3)C2)cc1.